The van der Waals surface area contributed by atoms with E-state index < -0.39 is 15.8 Å². The summed E-state index contributed by atoms with van der Waals surface area (Å²) in [5.41, 5.74) is 1.86. The van der Waals surface area contributed by atoms with Crippen LogP contribution >= 0.6 is 0 Å². The van der Waals surface area contributed by atoms with Crippen LogP contribution in [0.4, 0.5) is 4.39 Å². The van der Waals surface area contributed by atoms with E-state index in [4.69, 9.17) is 0 Å². The second-order valence-electron chi connectivity index (χ2n) is 4.62. The Morgan fingerprint density at radius 3 is 2.43 bits per heavy atom. The third-order valence-corrected chi connectivity index (χ3v) is 4.13. The van der Waals surface area contributed by atoms with Crippen molar-refractivity contribution in [1.29, 1.82) is 0 Å². The van der Waals surface area contributed by atoms with E-state index in [0.717, 1.165) is 5.56 Å². The third kappa shape index (κ3) is 3.88. The highest BCUT2D eigenvalue weighted by Crippen LogP contribution is 2.10. The summed E-state index contributed by atoms with van der Waals surface area (Å²) in [5.74, 6) is -0.400. The zero-order valence-electron chi connectivity index (χ0n) is 11.7. The van der Waals surface area contributed by atoms with E-state index in [0.29, 0.717) is 11.3 Å². The first-order valence-corrected chi connectivity index (χ1v) is 7.75. The smallest absolute Gasteiger partial charge is 0.207 e. The molecular formula is C15H15FN2O2S. The summed E-state index contributed by atoms with van der Waals surface area (Å²) in [7, 11) is -3.72. The molecule has 6 heteroatoms. The molecule has 0 unspecified atom stereocenters. The summed E-state index contributed by atoms with van der Waals surface area (Å²) >= 11 is 0. The van der Waals surface area contributed by atoms with Crippen molar-refractivity contribution in [2.75, 3.05) is 0 Å². The minimum atomic E-state index is -3.72. The third-order valence-electron chi connectivity index (χ3n) is 2.91. The lowest BCUT2D eigenvalue weighted by molar-refractivity contribution is 0.584. The Labute approximate surface area is 123 Å². The molecule has 0 aliphatic carbocycles. The Kier molecular flexibility index (Phi) is 4.37. The Morgan fingerprint density at radius 1 is 1.14 bits per heavy atom. The molecule has 0 saturated heterocycles. The topological polar surface area (TPSA) is 58.5 Å². The Morgan fingerprint density at radius 2 is 1.81 bits per heavy atom. The molecular weight excluding hydrogens is 291 g/mol. The lowest BCUT2D eigenvalue weighted by Crippen LogP contribution is -2.20. The predicted octanol–water partition coefficient (Wildman–Crippen LogP) is 2.84. The van der Waals surface area contributed by atoms with E-state index >= 15 is 0 Å². The molecule has 0 heterocycles. The average molecular weight is 306 g/mol. The molecule has 21 heavy (non-hydrogen) atoms. The number of benzene rings is 2. The van der Waals surface area contributed by atoms with Crippen LogP contribution in [0.3, 0.4) is 0 Å². The highest BCUT2D eigenvalue weighted by atomic mass is 32.2. The van der Waals surface area contributed by atoms with Gasteiger partial charge in [0.25, 0.3) is 10.0 Å². The number of rotatable bonds is 4. The Hall–Kier alpha value is -2.21. The molecule has 4 nitrogen and oxygen atoms in total. The molecule has 0 spiro atoms. The zero-order chi connectivity index (χ0) is 15.5. The molecule has 2 aromatic carbocycles. The largest absolute Gasteiger partial charge is 0.276 e. The number of hydrogen-bond acceptors (Lipinski definition) is 3. The fourth-order valence-electron chi connectivity index (χ4n) is 1.68. The van der Waals surface area contributed by atoms with Gasteiger partial charge in [-0.3, -0.25) is 0 Å². The van der Waals surface area contributed by atoms with Gasteiger partial charge in [-0.1, -0.05) is 29.8 Å². The first-order chi connectivity index (χ1) is 9.88. The number of hydrazone groups is 1. The van der Waals surface area contributed by atoms with Gasteiger partial charge in [-0.2, -0.15) is 18.4 Å². The van der Waals surface area contributed by atoms with Crippen LogP contribution in [-0.4, -0.2) is 14.1 Å². The zero-order valence-corrected chi connectivity index (χ0v) is 12.5. The molecule has 2 rings (SSSR count). The molecule has 0 aliphatic heterocycles. The molecule has 0 bridgehead atoms. The van der Waals surface area contributed by atoms with Crippen LogP contribution in [0.15, 0.2) is 58.5 Å². The van der Waals surface area contributed by atoms with Crippen molar-refractivity contribution in [2.45, 2.75) is 18.7 Å². The highest BCUT2D eigenvalue weighted by molar-refractivity contribution is 7.89. The second kappa shape index (κ2) is 6.05. The summed E-state index contributed by atoms with van der Waals surface area (Å²) < 4.78 is 37.2. The van der Waals surface area contributed by atoms with Gasteiger partial charge in [0, 0.05) is 5.56 Å². The molecule has 0 aromatic heterocycles. The SMILES string of the molecule is C/C(=N\NS(=O)(=O)c1ccc(C)cc1)c1cccc(F)c1. The normalized spacial score (nSPS) is 12.2. The van der Waals surface area contributed by atoms with Crippen molar-refractivity contribution in [3.63, 3.8) is 0 Å². The van der Waals surface area contributed by atoms with Gasteiger partial charge in [-0.05, 0) is 38.1 Å². The van der Waals surface area contributed by atoms with E-state index in [1.165, 1.54) is 30.3 Å². The molecule has 1 N–H and O–H groups in total. The number of sulfonamides is 1. The Bertz CT molecular complexity index is 769. The minimum absolute atomic E-state index is 0.129. The molecule has 0 saturated carbocycles. The minimum Gasteiger partial charge on any atom is -0.207 e. The van der Waals surface area contributed by atoms with E-state index in [1.54, 1.807) is 25.1 Å². The first kappa shape index (κ1) is 15.2. The average Bonchev–Trinajstić information content (AvgIpc) is 2.45. The van der Waals surface area contributed by atoms with Gasteiger partial charge in [0.15, 0.2) is 0 Å². The van der Waals surface area contributed by atoms with Crippen LogP contribution < -0.4 is 4.83 Å². The van der Waals surface area contributed by atoms with Gasteiger partial charge >= 0.3 is 0 Å². The van der Waals surface area contributed by atoms with Crippen LogP contribution in [0.5, 0.6) is 0 Å². The van der Waals surface area contributed by atoms with Gasteiger partial charge in [-0.15, -0.1) is 0 Å². The molecule has 0 amide bonds. The predicted molar refractivity (Wildman–Crippen MR) is 80.1 cm³/mol. The van der Waals surface area contributed by atoms with Crippen molar-refractivity contribution in [2.24, 2.45) is 5.10 Å². The summed E-state index contributed by atoms with van der Waals surface area (Å²) in [4.78, 5) is 2.28. The first-order valence-electron chi connectivity index (χ1n) is 6.27. The monoisotopic (exact) mass is 306 g/mol. The summed E-state index contributed by atoms with van der Waals surface area (Å²) in [6.07, 6.45) is 0. The maximum atomic E-state index is 13.1. The van der Waals surface area contributed by atoms with Gasteiger partial charge in [0.1, 0.15) is 5.82 Å². The molecule has 2 aromatic rings. The van der Waals surface area contributed by atoms with Gasteiger partial charge in [-0.25, -0.2) is 4.39 Å². The quantitative estimate of drug-likeness (QED) is 0.697. The molecule has 0 radical (unpaired) electrons. The van der Waals surface area contributed by atoms with Crippen LogP contribution in [0.1, 0.15) is 18.1 Å². The fraction of sp³-hybridized carbons (Fsp3) is 0.133. The molecule has 110 valence electrons. The molecule has 0 aliphatic rings. The highest BCUT2D eigenvalue weighted by Gasteiger charge is 2.12. The number of nitrogens with one attached hydrogen (secondary N) is 1. The van der Waals surface area contributed by atoms with Crippen LogP contribution in [0.2, 0.25) is 0 Å². The van der Waals surface area contributed by atoms with Gasteiger partial charge < -0.3 is 0 Å². The van der Waals surface area contributed by atoms with Gasteiger partial charge in [0.05, 0.1) is 10.6 Å². The van der Waals surface area contributed by atoms with Crippen molar-refractivity contribution in [3.05, 3.63) is 65.5 Å². The van der Waals surface area contributed by atoms with Crippen LogP contribution in [0.25, 0.3) is 0 Å². The number of hydrogen-bond donors (Lipinski definition) is 1. The summed E-state index contributed by atoms with van der Waals surface area (Å²) in [6.45, 7) is 3.47. The lowest BCUT2D eigenvalue weighted by atomic mass is 10.1. The maximum Gasteiger partial charge on any atom is 0.276 e. The summed E-state index contributed by atoms with van der Waals surface area (Å²) in [6, 6.07) is 12.2. The fourth-order valence-corrected chi connectivity index (χ4v) is 2.53. The molecule has 0 fully saturated rings. The Balaban J connectivity index is 2.21. The summed E-state index contributed by atoms with van der Waals surface area (Å²) in [5, 5.41) is 3.82. The van der Waals surface area contributed by atoms with Crippen LogP contribution in [0, 0.1) is 12.7 Å². The standard InChI is InChI=1S/C15H15FN2O2S/c1-11-6-8-15(9-7-11)21(19,20)18-17-12(2)13-4-3-5-14(16)10-13/h3-10,18H,1-2H3/b17-12+. The molecule has 0 atom stereocenters. The van der Waals surface area contributed by atoms with Crippen molar-refractivity contribution < 1.29 is 12.8 Å². The van der Waals surface area contributed by atoms with Crippen molar-refractivity contribution in [1.82, 2.24) is 4.83 Å². The van der Waals surface area contributed by atoms with E-state index in [9.17, 15) is 12.8 Å². The maximum absolute atomic E-state index is 13.1. The number of halogens is 1. The van der Waals surface area contributed by atoms with Crippen molar-refractivity contribution in [3.8, 4) is 0 Å². The van der Waals surface area contributed by atoms with E-state index in [-0.39, 0.29) is 4.90 Å². The van der Waals surface area contributed by atoms with Crippen LogP contribution in [-0.2, 0) is 10.0 Å². The van der Waals surface area contributed by atoms with E-state index in [2.05, 4.69) is 9.93 Å². The number of aryl methyl sites for hydroxylation is 1. The van der Waals surface area contributed by atoms with Crippen molar-refractivity contribution >= 4 is 15.7 Å². The van der Waals surface area contributed by atoms with E-state index in [1.807, 2.05) is 6.92 Å². The lowest BCUT2D eigenvalue weighted by Gasteiger charge is -2.06. The second-order valence-corrected chi connectivity index (χ2v) is 6.28. The number of nitrogens with zero attached hydrogens (tertiary/aromatic N) is 1. The van der Waals surface area contributed by atoms with Gasteiger partial charge in [0.2, 0.25) is 0 Å².